The molecule has 2 aliphatic heterocycles. The predicted molar refractivity (Wildman–Crippen MR) is 154 cm³/mol. The summed E-state index contributed by atoms with van der Waals surface area (Å²) in [4.78, 5) is 42.4. The van der Waals surface area contributed by atoms with Crippen molar-refractivity contribution in [1.29, 1.82) is 0 Å². The van der Waals surface area contributed by atoms with Gasteiger partial charge in [-0.1, -0.05) is 15.9 Å². The van der Waals surface area contributed by atoms with Gasteiger partial charge in [0.25, 0.3) is 5.91 Å². The maximum absolute atomic E-state index is 13.9. The van der Waals surface area contributed by atoms with Crippen LogP contribution in [0.1, 0.15) is 49.9 Å². The number of rotatable bonds is 6. The van der Waals surface area contributed by atoms with Crippen molar-refractivity contribution < 1.29 is 9.59 Å². The molecule has 0 spiro atoms. The number of halogens is 1. The van der Waals surface area contributed by atoms with Gasteiger partial charge in [-0.05, 0) is 82.5 Å². The molecule has 0 radical (unpaired) electrons. The molecule has 3 aromatic rings. The molecule has 38 heavy (non-hydrogen) atoms. The first-order valence-electron chi connectivity index (χ1n) is 13.8. The third-order valence-corrected chi connectivity index (χ3v) is 8.60. The number of hydrogen-bond donors (Lipinski definition) is 0. The van der Waals surface area contributed by atoms with Crippen LogP contribution in [-0.2, 0) is 4.79 Å². The monoisotopic (exact) mass is 577 g/mol. The molecule has 0 N–H and O–H groups in total. The second kappa shape index (κ2) is 11.9. The number of piperidine rings is 2. The Balaban J connectivity index is 1.31. The van der Waals surface area contributed by atoms with Crippen LogP contribution in [0.15, 0.2) is 53.3 Å². The molecule has 2 fully saturated rings. The molecule has 2 aromatic heterocycles. The summed E-state index contributed by atoms with van der Waals surface area (Å²) in [5.41, 5.74) is 3.12. The van der Waals surface area contributed by atoms with Gasteiger partial charge in [0.2, 0.25) is 5.91 Å². The second-order valence-electron chi connectivity index (χ2n) is 10.3. The first-order chi connectivity index (χ1) is 18.5. The van der Waals surface area contributed by atoms with Crippen LogP contribution < -0.4 is 0 Å². The number of hydrogen-bond acceptors (Lipinski definition) is 5. The van der Waals surface area contributed by atoms with Crippen molar-refractivity contribution in [2.24, 2.45) is 5.92 Å². The summed E-state index contributed by atoms with van der Waals surface area (Å²) in [7, 11) is 0. The molecule has 2 amide bonds. The number of carbonyl (C=O) groups is 2. The number of fused-ring (bicyclic) bond motifs is 1. The number of likely N-dealkylation sites (tertiary alicyclic amines) is 2. The van der Waals surface area contributed by atoms with E-state index < -0.39 is 0 Å². The minimum atomic E-state index is 0.0484. The van der Waals surface area contributed by atoms with Gasteiger partial charge >= 0.3 is 0 Å². The van der Waals surface area contributed by atoms with E-state index >= 15 is 0 Å². The number of pyridine rings is 2. The zero-order valence-corrected chi connectivity index (χ0v) is 23.9. The predicted octanol–water partition coefficient (Wildman–Crippen LogP) is 5.24. The van der Waals surface area contributed by atoms with Crippen molar-refractivity contribution in [3.63, 3.8) is 0 Å². The van der Waals surface area contributed by atoms with Gasteiger partial charge in [0, 0.05) is 66.6 Å². The SMILES string of the molecule is CCN(CC)C(=O)C1CCCN(C2CCN(C(=O)c3cc(-c4cccnc4)nc4ccc(Br)cc34)CC2)C1. The molecule has 4 heterocycles. The first-order valence-corrected chi connectivity index (χ1v) is 14.6. The largest absolute Gasteiger partial charge is 0.343 e. The summed E-state index contributed by atoms with van der Waals surface area (Å²) in [6, 6.07) is 12.1. The molecule has 0 aliphatic carbocycles. The number of carbonyl (C=O) groups excluding carboxylic acids is 2. The van der Waals surface area contributed by atoms with E-state index in [1.165, 1.54) is 0 Å². The van der Waals surface area contributed by atoms with Gasteiger partial charge in [0.05, 0.1) is 22.7 Å². The summed E-state index contributed by atoms with van der Waals surface area (Å²) < 4.78 is 0.924. The Hall–Kier alpha value is -2.84. The standard InChI is InChI=1S/C30H36BrN5O2/c1-3-34(4-2)29(37)22-8-6-14-36(20-22)24-11-15-35(16-12-24)30(38)26-18-28(21-7-5-13-32-19-21)33-27-10-9-23(31)17-25(26)27/h5,7,9-10,13,17-19,22,24H,3-4,6,8,11-12,14-16,20H2,1-2H3. The number of nitrogens with zero attached hydrogens (tertiary/aromatic N) is 5. The summed E-state index contributed by atoms with van der Waals surface area (Å²) in [6.45, 7) is 8.97. The van der Waals surface area contributed by atoms with E-state index in [1.54, 1.807) is 12.4 Å². The molecule has 1 atom stereocenters. The van der Waals surface area contributed by atoms with E-state index in [9.17, 15) is 9.59 Å². The van der Waals surface area contributed by atoms with Crippen molar-refractivity contribution >= 4 is 38.6 Å². The molecule has 1 aromatic carbocycles. The molecule has 200 valence electrons. The third-order valence-electron chi connectivity index (χ3n) is 8.10. The van der Waals surface area contributed by atoms with E-state index in [2.05, 4.69) is 39.7 Å². The van der Waals surface area contributed by atoms with Crippen LogP contribution in [0.4, 0.5) is 0 Å². The number of amides is 2. The van der Waals surface area contributed by atoms with Crippen LogP contribution in [-0.4, -0.2) is 81.8 Å². The smallest absolute Gasteiger partial charge is 0.254 e. The fourth-order valence-corrected chi connectivity index (χ4v) is 6.34. The lowest BCUT2D eigenvalue weighted by molar-refractivity contribution is -0.137. The Kier molecular flexibility index (Phi) is 8.39. The van der Waals surface area contributed by atoms with Gasteiger partial charge in [-0.15, -0.1) is 0 Å². The highest BCUT2D eigenvalue weighted by molar-refractivity contribution is 9.10. The molecule has 8 heteroatoms. The van der Waals surface area contributed by atoms with Crippen LogP contribution in [0.2, 0.25) is 0 Å². The fraction of sp³-hybridized carbons (Fsp3) is 0.467. The van der Waals surface area contributed by atoms with Crippen LogP contribution >= 0.6 is 15.9 Å². The third kappa shape index (κ3) is 5.61. The molecule has 2 saturated heterocycles. The number of benzene rings is 1. The molecule has 5 rings (SSSR count). The lowest BCUT2D eigenvalue weighted by Gasteiger charge is -2.42. The van der Waals surface area contributed by atoms with E-state index in [1.807, 2.05) is 46.2 Å². The lowest BCUT2D eigenvalue weighted by Crippen LogP contribution is -2.52. The molecular weight excluding hydrogens is 542 g/mol. The van der Waals surface area contributed by atoms with Gasteiger partial charge in [-0.25, -0.2) is 4.98 Å². The van der Waals surface area contributed by atoms with Gasteiger partial charge in [0.15, 0.2) is 0 Å². The minimum absolute atomic E-state index is 0.0484. The molecule has 1 unspecified atom stereocenters. The first kappa shape index (κ1) is 26.8. The van der Waals surface area contributed by atoms with Gasteiger partial charge in [0.1, 0.15) is 0 Å². The molecule has 7 nitrogen and oxygen atoms in total. The fourth-order valence-electron chi connectivity index (χ4n) is 5.97. The Morgan fingerprint density at radius 1 is 1.05 bits per heavy atom. The summed E-state index contributed by atoms with van der Waals surface area (Å²) in [5, 5.41) is 0.855. The summed E-state index contributed by atoms with van der Waals surface area (Å²) in [6.07, 6.45) is 7.42. The van der Waals surface area contributed by atoms with Gasteiger partial charge in [-0.3, -0.25) is 19.5 Å². The van der Waals surface area contributed by atoms with Crippen molar-refractivity contribution in [1.82, 2.24) is 24.7 Å². The highest BCUT2D eigenvalue weighted by atomic mass is 79.9. The molecule has 2 aliphatic rings. The van der Waals surface area contributed by atoms with E-state index in [4.69, 9.17) is 4.98 Å². The van der Waals surface area contributed by atoms with E-state index in [-0.39, 0.29) is 11.8 Å². The van der Waals surface area contributed by atoms with Crippen LogP contribution in [0.3, 0.4) is 0 Å². The van der Waals surface area contributed by atoms with Gasteiger partial charge < -0.3 is 9.80 Å². The van der Waals surface area contributed by atoms with Crippen molar-refractivity contribution in [3.8, 4) is 11.3 Å². The zero-order valence-electron chi connectivity index (χ0n) is 22.3. The van der Waals surface area contributed by atoms with E-state index in [0.717, 1.165) is 78.5 Å². The Morgan fingerprint density at radius 2 is 1.84 bits per heavy atom. The zero-order chi connectivity index (χ0) is 26.6. The average Bonchev–Trinajstić information content (AvgIpc) is 2.97. The molecular formula is C30H36BrN5O2. The lowest BCUT2D eigenvalue weighted by atomic mass is 9.92. The average molecular weight is 579 g/mol. The van der Waals surface area contributed by atoms with Gasteiger partial charge in [-0.2, -0.15) is 0 Å². The topological polar surface area (TPSA) is 69.6 Å². The minimum Gasteiger partial charge on any atom is -0.343 e. The Bertz CT molecular complexity index is 1290. The highest BCUT2D eigenvalue weighted by Gasteiger charge is 2.34. The molecule has 0 bridgehead atoms. The Labute approximate surface area is 233 Å². The molecule has 0 saturated carbocycles. The second-order valence-corrected chi connectivity index (χ2v) is 11.2. The highest BCUT2D eigenvalue weighted by Crippen LogP contribution is 2.30. The number of aromatic nitrogens is 2. The van der Waals surface area contributed by atoms with E-state index in [0.29, 0.717) is 30.6 Å². The maximum atomic E-state index is 13.9. The van der Waals surface area contributed by atoms with Crippen LogP contribution in [0.25, 0.3) is 22.2 Å². The normalized spacial score (nSPS) is 19.0. The van der Waals surface area contributed by atoms with Crippen molar-refractivity contribution in [3.05, 3.63) is 58.8 Å². The Morgan fingerprint density at radius 3 is 2.55 bits per heavy atom. The summed E-state index contributed by atoms with van der Waals surface area (Å²) >= 11 is 3.56. The van der Waals surface area contributed by atoms with Crippen molar-refractivity contribution in [2.75, 3.05) is 39.3 Å². The van der Waals surface area contributed by atoms with Crippen molar-refractivity contribution in [2.45, 2.75) is 45.6 Å². The van der Waals surface area contributed by atoms with Crippen LogP contribution in [0.5, 0.6) is 0 Å². The maximum Gasteiger partial charge on any atom is 0.254 e. The van der Waals surface area contributed by atoms with Crippen LogP contribution in [0, 0.1) is 5.92 Å². The quantitative estimate of drug-likeness (QED) is 0.400. The summed E-state index contributed by atoms with van der Waals surface area (Å²) in [5.74, 6) is 0.440.